The molecular formula is C16H18N2O2S. The number of aromatic nitrogens is 1. The summed E-state index contributed by atoms with van der Waals surface area (Å²) in [5, 5.41) is 2.95. The zero-order valence-corrected chi connectivity index (χ0v) is 12.8. The van der Waals surface area contributed by atoms with Crippen molar-refractivity contribution in [3.63, 3.8) is 0 Å². The summed E-state index contributed by atoms with van der Waals surface area (Å²) >= 11 is 1.60. The second-order valence-corrected chi connectivity index (χ2v) is 6.15. The Labute approximate surface area is 128 Å². The van der Waals surface area contributed by atoms with E-state index in [9.17, 15) is 4.79 Å². The average molecular weight is 302 g/mol. The molecule has 1 aromatic carbocycles. The number of para-hydroxylation sites is 1. The van der Waals surface area contributed by atoms with E-state index < -0.39 is 0 Å². The number of benzene rings is 1. The quantitative estimate of drug-likeness (QED) is 0.824. The van der Waals surface area contributed by atoms with E-state index in [-0.39, 0.29) is 5.91 Å². The minimum atomic E-state index is 0.150. The predicted molar refractivity (Wildman–Crippen MR) is 82.4 cm³/mol. The van der Waals surface area contributed by atoms with Crippen LogP contribution >= 0.6 is 11.3 Å². The van der Waals surface area contributed by atoms with E-state index in [1.807, 2.05) is 34.5 Å². The third-order valence-electron chi connectivity index (χ3n) is 3.63. The number of hydrogen-bond acceptors (Lipinski definition) is 4. The first-order valence-corrected chi connectivity index (χ1v) is 7.95. The van der Waals surface area contributed by atoms with Crippen molar-refractivity contribution in [2.24, 2.45) is 0 Å². The first-order valence-electron chi connectivity index (χ1n) is 7.07. The summed E-state index contributed by atoms with van der Waals surface area (Å²) in [4.78, 5) is 18.9. The Morgan fingerprint density at radius 3 is 2.90 bits per heavy atom. The van der Waals surface area contributed by atoms with Crippen LogP contribution in [0.4, 0.5) is 0 Å². The number of ether oxygens (including phenoxy) is 1. The van der Waals surface area contributed by atoms with Crippen LogP contribution in [0, 0.1) is 0 Å². The molecule has 0 unspecified atom stereocenters. The molecule has 5 heteroatoms. The smallest absolute Gasteiger partial charge is 0.227 e. The van der Waals surface area contributed by atoms with Crippen LogP contribution in [0.15, 0.2) is 35.8 Å². The Bertz CT molecular complexity index is 608. The van der Waals surface area contributed by atoms with Gasteiger partial charge in [0, 0.05) is 23.2 Å². The normalized spacial score (nSPS) is 14.0. The largest absolute Gasteiger partial charge is 0.496 e. The van der Waals surface area contributed by atoms with Crippen LogP contribution in [-0.2, 0) is 17.8 Å². The van der Waals surface area contributed by atoms with Gasteiger partial charge in [-0.3, -0.25) is 4.79 Å². The van der Waals surface area contributed by atoms with Gasteiger partial charge in [0.15, 0.2) is 0 Å². The molecule has 1 heterocycles. The lowest BCUT2D eigenvalue weighted by Gasteiger charge is -2.21. The molecule has 0 saturated heterocycles. The topological polar surface area (TPSA) is 42.4 Å². The highest BCUT2D eigenvalue weighted by molar-refractivity contribution is 7.09. The molecule has 1 aromatic heterocycles. The van der Waals surface area contributed by atoms with E-state index in [4.69, 9.17) is 4.74 Å². The maximum Gasteiger partial charge on any atom is 0.227 e. The van der Waals surface area contributed by atoms with Gasteiger partial charge in [0.05, 0.1) is 20.1 Å². The van der Waals surface area contributed by atoms with Gasteiger partial charge in [-0.05, 0) is 18.9 Å². The van der Waals surface area contributed by atoms with Gasteiger partial charge in [0.1, 0.15) is 10.8 Å². The fraction of sp³-hybridized carbons (Fsp3) is 0.375. The Hall–Kier alpha value is -1.88. The van der Waals surface area contributed by atoms with Crippen molar-refractivity contribution < 1.29 is 9.53 Å². The van der Waals surface area contributed by atoms with Crippen LogP contribution in [-0.4, -0.2) is 28.9 Å². The molecule has 2 aromatic rings. The van der Waals surface area contributed by atoms with Crippen LogP contribution in [0.25, 0.3) is 0 Å². The lowest BCUT2D eigenvalue weighted by molar-refractivity contribution is -0.131. The summed E-state index contributed by atoms with van der Waals surface area (Å²) in [6, 6.07) is 8.08. The molecule has 0 radical (unpaired) electrons. The number of hydrogen-bond donors (Lipinski definition) is 0. The standard InChI is InChI=1S/C16H18N2O2S/c1-20-14-5-3-2-4-12(14)10-16(19)18(13-6-7-13)11-15-17-8-9-21-15/h2-5,8-9,13H,6-7,10-11H2,1H3. The van der Waals surface area contributed by atoms with Crippen molar-refractivity contribution >= 4 is 17.2 Å². The number of nitrogens with zero attached hydrogens (tertiary/aromatic N) is 2. The molecule has 0 N–H and O–H groups in total. The Morgan fingerprint density at radius 2 is 2.24 bits per heavy atom. The van der Waals surface area contributed by atoms with E-state index in [2.05, 4.69) is 4.98 Å². The highest BCUT2D eigenvalue weighted by Crippen LogP contribution is 2.30. The van der Waals surface area contributed by atoms with E-state index in [1.54, 1.807) is 24.6 Å². The first kappa shape index (κ1) is 14.1. The minimum absolute atomic E-state index is 0.150. The van der Waals surface area contributed by atoms with Crippen LogP contribution < -0.4 is 4.74 Å². The molecule has 0 aliphatic heterocycles. The van der Waals surface area contributed by atoms with Gasteiger partial charge < -0.3 is 9.64 Å². The van der Waals surface area contributed by atoms with Gasteiger partial charge in [0.25, 0.3) is 0 Å². The molecule has 4 nitrogen and oxygen atoms in total. The summed E-state index contributed by atoms with van der Waals surface area (Å²) in [5.74, 6) is 0.924. The number of carbonyl (C=O) groups excluding carboxylic acids is 1. The monoisotopic (exact) mass is 302 g/mol. The van der Waals surface area contributed by atoms with Gasteiger partial charge in [-0.25, -0.2) is 4.98 Å². The molecule has 3 rings (SSSR count). The van der Waals surface area contributed by atoms with Gasteiger partial charge >= 0.3 is 0 Å². The zero-order valence-electron chi connectivity index (χ0n) is 12.0. The summed E-state index contributed by atoms with van der Waals surface area (Å²) in [5.41, 5.74) is 0.940. The van der Waals surface area contributed by atoms with Gasteiger partial charge in [-0.15, -0.1) is 11.3 Å². The van der Waals surface area contributed by atoms with Crippen molar-refractivity contribution in [3.8, 4) is 5.75 Å². The zero-order chi connectivity index (χ0) is 14.7. The van der Waals surface area contributed by atoms with Crippen molar-refractivity contribution in [3.05, 3.63) is 46.4 Å². The van der Waals surface area contributed by atoms with Crippen LogP contribution in [0.5, 0.6) is 5.75 Å². The number of rotatable bonds is 6. The Morgan fingerprint density at radius 1 is 1.43 bits per heavy atom. The molecule has 0 bridgehead atoms. The molecular weight excluding hydrogens is 284 g/mol. The maximum atomic E-state index is 12.6. The molecule has 1 aliphatic carbocycles. The lowest BCUT2D eigenvalue weighted by atomic mass is 10.1. The summed E-state index contributed by atoms with van der Waals surface area (Å²) in [7, 11) is 1.64. The summed E-state index contributed by atoms with van der Waals surface area (Å²) in [6.45, 7) is 0.621. The van der Waals surface area contributed by atoms with E-state index in [0.717, 1.165) is 29.2 Å². The fourth-order valence-electron chi connectivity index (χ4n) is 2.40. The van der Waals surface area contributed by atoms with Gasteiger partial charge in [-0.2, -0.15) is 0 Å². The SMILES string of the molecule is COc1ccccc1CC(=O)N(Cc1nccs1)C1CC1. The number of carbonyl (C=O) groups is 1. The van der Waals surface area contributed by atoms with Crippen LogP contribution in [0.1, 0.15) is 23.4 Å². The van der Waals surface area contributed by atoms with Crippen LogP contribution in [0.2, 0.25) is 0 Å². The Kier molecular flexibility index (Phi) is 4.20. The molecule has 1 amide bonds. The van der Waals surface area contributed by atoms with Crippen molar-refractivity contribution in [2.45, 2.75) is 31.8 Å². The highest BCUT2D eigenvalue weighted by atomic mass is 32.1. The molecule has 1 saturated carbocycles. The first-order chi connectivity index (χ1) is 10.3. The second-order valence-electron chi connectivity index (χ2n) is 5.17. The lowest BCUT2D eigenvalue weighted by Crippen LogP contribution is -2.33. The summed E-state index contributed by atoms with van der Waals surface area (Å²) < 4.78 is 5.33. The molecule has 0 atom stereocenters. The molecule has 0 spiro atoms. The number of amides is 1. The Balaban J connectivity index is 1.72. The second kappa shape index (κ2) is 6.26. The average Bonchev–Trinajstić information content (AvgIpc) is 3.21. The third-order valence-corrected chi connectivity index (χ3v) is 4.40. The fourth-order valence-corrected chi connectivity index (χ4v) is 3.01. The number of thiazole rings is 1. The van der Waals surface area contributed by atoms with Gasteiger partial charge in [0.2, 0.25) is 5.91 Å². The number of methoxy groups -OCH3 is 1. The van der Waals surface area contributed by atoms with Crippen LogP contribution in [0.3, 0.4) is 0 Å². The molecule has 21 heavy (non-hydrogen) atoms. The third kappa shape index (κ3) is 3.42. The molecule has 110 valence electrons. The van der Waals surface area contributed by atoms with Crippen molar-refractivity contribution in [1.82, 2.24) is 9.88 Å². The molecule has 1 fully saturated rings. The van der Waals surface area contributed by atoms with Crippen molar-refractivity contribution in [2.75, 3.05) is 7.11 Å². The summed E-state index contributed by atoms with van der Waals surface area (Å²) in [6.07, 6.45) is 4.37. The highest BCUT2D eigenvalue weighted by Gasteiger charge is 2.33. The van der Waals surface area contributed by atoms with E-state index in [0.29, 0.717) is 19.0 Å². The van der Waals surface area contributed by atoms with Gasteiger partial charge in [-0.1, -0.05) is 18.2 Å². The van der Waals surface area contributed by atoms with E-state index in [1.165, 1.54) is 0 Å². The maximum absolute atomic E-state index is 12.6. The van der Waals surface area contributed by atoms with E-state index >= 15 is 0 Å². The van der Waals surface area contributed by atoms with Crippen molar-refractivity contribution in [1.29, 1.82) is 0 Å². The molecule has 1 aliphatic rings. The minimum Gasteiger partial charge on any atom is -0.496 e. The predicted octanol–water partition coefficient (Wildman–Crippen LogP) is 2.89.